The second-order valence-electron chi connectivity index (χ2n) is 2.99. The molecule has 2 rings (SSSR count). The van der Waals surface area contributed by atoms with Gasteiger partial charge in [0.25, 0.3) is 0 Å². The van der Waals surface area contributed by atoms with E-state index in [1.165, 1.54) is 0 Å². The number of benzene rings is 1. The van der Waals surface area contributed by atoms with E-state index >= 15 is 0 Å². The lowest BCUT2D eigenvalue weighted by atomic mass is 10.3. The Morgan fingerprint density at radius 3 is 2.53 bits per heavy atom. The number of phenols is 1. The number of hydrogen-bond acceptors (Lipinski definition) is 5. The first kappa shape index (κ1) is 12.1. The van der Waals surface area contributed by atoms with E-state index in [-0.39, 0.29) is 11.6 Å². The van der Waals surface area contributed by atoms with Gasteiger partial charge in [0.2, 0.25) is 0 Å². The van der Waals surface area contributed by atoms with Gasteiger partial charge in [-0.1, -0.05) is 5.16 Å². The summed E-state index contributed by atoms with van der Waals surface area (Å²) < 4.78 is 5.51. The zero-order valence-corrected chi connectivity index (χ0v) is 11.3. The van der Waals surface area contributed by atoms with Gasteiger partial charge < -0.3 is 14.9 Å². The molecule has 0 radical (unpaired) electrons. The summed E-state index contributed by atoms with van der Waals surface area (Å²) in [6, 6.07) is 3.10. The summed E-state index contributed by atoms with van der Waals surface area (Å²) in [4.78, 5) is 15.2. The van der Waals surface area contributed by atoms with Gasteiger partial charge in [-0.15, -0.1) is 0 Å². The first-order chi connectivity index (χ1) is 8.08. The SMILES string of the molecule is O=C(Nc1cc(Br)c(O)c(Br)c1)c1ncno1. The molecular weight excluding hydrogens is 358 g/mol. The molecule has 1 aromatic carbocycles. The molecule has 0 saturated carbocycles. The Morgan fingerprint density at radius 1 is 1.35 bits per heavy atom. The number of aromatic nitrogens is 2. The number of anilines is 1. The molecule has 0 aliphatic carbocycles. The highest BCUT2D eigenvalue weighted by Gasteiger charge is 2.13. The Labute approximate surface area is 112 Å². The van der Waals surface area contributed by atoms with Crippen molar-refractivity contribution in [3.05, 3.63) is 33.3 Å². The summed E-state index contributed by atoms with van der Waals surface area (Å²) in [5.74, 6) is -0.599. The van der Waals surface area contributed by atoms with E-state index in [2.05, 4.69) is 51.8 Å². The number of nitrogens with one attached hydrogen (secondary N) is 1. The van der Waals surface area contributed by atoms with E-state index in [0.29, 0.717) is 14.6 Å². The second-order valence-corrected chi connectivity index (χ2v) is 4.70. The molecule has 0 fully saturated rings. The van der Waals surface area contributed by atoms with Gasteiger partial charge in [0.1, 0.15) is 5.75 Å². The van der Waals surface area contributed by atoms with E-state index in [9.17, 15) is 9.90 Å². The second kappa shape index (κ2) is 4.84. The van der Waals surface area contributed by atoms with Crippen molar-refractivity contribution in [1.82, 2.24) is 10.1 Å². The molecule has 0 aliphatic rings. The van der Waals surface area contributed by atoms with Crippen molar-refractivity contribution in [1.29, 1.82) is 0 Å². The van der Waals surface area contributed by atoms with Gasteiger partial charge in [-0.3, -0.25) is 4.79 Å². The van der Waals surface area contributed by atoms with E-state index < -0.39 is 5.91 Å². The minimum Gasteiger partial charge on any atom is -0.506 e. The Hall–Kier alpha value is -1.41. The molecular formula is C9H5Br2N3O3. The molecule has 1 heterocycles. The van der Waals surface area contributed by atoms with E-state index in [4.69, 9.17) is 0 Å². The van der Waals surface area contributed by atoms with Crippen LogP contribution in [-0.2, 0) is 0 Å². The zero-order chi connectivity index (χ0) is 12.4. The third-order valence-electron chi connectivity index (χ3n) is 1.83. The van der Waals surface area contributed by atoms with Crippen LogP contribution in [0.5, 0.6) is 5.75 Å². The molecule has 0 bridgehead atoms. The van der Waals surface area contributed by atoms with Crippen LogP contribution >= 0.6 is 31.9 Å². The Morgan fingerprint density at radius 2 is 2.00 bits per heavy atom. The van der Waals surface area contributed by atoms with E-state index in [1.54, 1.807) is 12.1 Å². The minimum atomic E-state index is -0.521. The molecule has 0 atom stereocenters. The summed E-state index contributed by atoms with van der Waals surface area (Å²) in [6.45, 7) is 0. The third kappa shape index (κ3) is 2.64. The fourth-order valence-electron chi connectivity index (χ4n) is 1.10. The largest absolute Gasteiger partial charge is 0.506 e. The molecule has 2 N–H and O–H groups in total. The molecule has 0 unspecified atom stereocenters. The van der Waals surface area contributed by atoms with Crippen molar-refractivity contribution in [3.63, 3.8) is 0 Å². The van der Waals surface area contributed by atoms with Crippen molar-refractivity contribution in [2.45, 2.75) is 0 Å². The average Bonchev–Trinajstić information content (AvgIpc) is 2.79. The van der Waals surface area contributed by atoms with Crippen LogP contribution in [0.15, 0.2) is 31.9 Å². The smallest absolute Gasteiger partial charge is 0.316 e. The number of carbonyl (C=O) groups is 1. The van der Waals surface area contributed by atoms with Crippen LogP contribution in [0.25, 0.3) is 0 Å². The molecule has 17 heavy (non-hydrogen) atoms. The maximum absolute atomic E-state index is 11.6. The topological polar surface area (TPSA) is 88.2 Å². The van der Waals surface area contributed by atoms with Crippen molar-refractivity contribution >= 4 is 43.5 Å². The van der Waals surface area contributed by atoms with Gasteiger partial charge in [0.05, 0.1) is 8.95 Å². The summed E-state index contributed by atoms with van der Waals surface area (Å²) in [6.07, 6.45) is 1.14. The Bertz CT molecular complexity index is 534. The Kier molecular flexibility index (Phi) is 3.43. The summed E-state index contributed by atoms with van der Waals surface area (Å²) in [7, 11) is 0. The number of amides is 1. The number of halogens is 2. The molecule has 0 spiro atoms. The fourth-order valence-corrected chi connectivity index (χ4v) is 2.28. The molecule has 6 nitrogen and oxygen atoms in total. The molecule has 1 amide bonds. The van der Waals surface area contributed by atoms with Crippen LogP contribution in [0.3, 0.4) is 0 Å². The van der Waals surface area contributed by atoms with Crippen LogP contribution in [0.2, 0.25) is 0 Å². The van der Waals surface area contributed by atoms with Gasteiger partial charge in [0.15, 0.2) is 6.33 Å². The standard InChI is InChI=1S/C9H5Br2N3O3/c10-5-1-4(2-6(11)7(5)15)14-8(16)9-12-3-13-17-9/h1-3,15H,(H,14,16). The highest BCUT2D eigenvalue weighted by Crippen LogP contribution is 2.35. The van der Waals surface area contributed by atoms with Crippen molar-refractivity contribution in [2.75, 3.05) is 5.32 Å². The predicted octanol–water partition coefficient (Wildman–Crippen LogP) is 2.55. The molecule has 1 aromatic heterocycles. The first-order valence-electron chi connectivity index (χ1n) is 4.34. The summed E-state index contributed by atoms with van der Waals surface area (Å²) in [5, 5.41) is 15.4. The minimum absolute atomic E-state index is 0.0563. The Balaban J connectivity index is 2.22. The molecule has 2 aromatic rings. The number of phenolic OH excluding ortho intramolecular Hbond substituents is 1. The van der Waals surface area contributed by atoms with Crippen LogP contribution in [-0.4, -0.2) is 21.2 Å². The number of rotatable bonds is 2. The average molecular weight is 363 g/mol. The van der Waals surface area contributed by atoms with Crippen molar-refractivity contribution in [2.24, 2.45) is 0 Å². The molecule has 8 heteroatoms. The molecule has 88 valence electrons. The predicted molar refractivity (Wildman–Crippen MR) is 65.8 cm³/mol. The molecule has 0 saturated heterocycles. The van der Waals surface area contributed by atoms with E-state index in [0.717, 1.165) is 6.33 Å². The lowest BCUT2D eigenvalue weighted by Crippen LogP contribution is -2.12. The maximum Gasteiger partial charge on any atom is 0.316 e. The van der Waals surface area contributed by atoms with Crippen LogP contribution < -0.4 is 5.32 Å². The lowest BCUT2D eigenvalue weighted by Gasteiger charge is -2.06. The van der Waals surface area contributed by atoms with Crippen molar-refractivity contribution < 1.29 is 14.4 Å². The van der Waals surface area contributed by atoms with Gasteiger partial charge in [0, 0.05) is 5.69 Å². The number of aromatic hydroxyl groups is 1. The normalized spacial score (nSPS) is 10.2. The van der Waals surface area contributed by atoms with Crippen molar-refractivity contribution in [3.8, 4) is 5.75 Å². The maximum atomic E-state index is 11.6. The van der Waals surface area contributed by atoms with E-state index in [1.807, 2.05) is 0 Å². The summed E-state index contributed by atoms with van der Waals surface area (Å²) >= 11 is 6.31. The van der Waals surface area contributed by atoms with Gasteiger partial charge >= 0.3 is 11.8 Å². The zero-order valence-electron chi connectivity index (χ0n) is 8.15. The number of carbonyl (C=O) groups excluding carboxylic acids is 1. The number of nitrogens with zero attached hydrogens (tertiary/aromatic N) is 2. The highest BCUT2D eigenvalue weighted by atomic mass is 79.9. The van der Waals surface area contributed by atoms with Crippen LogP contribution in [0.1, 0.15) is 10.7 Å². The molecule has 0 aliphatic heterocycles. The summed E-state index contributed by atoms with van der Waals surface area (Å²) in [5.41, 5.74) is 0.477. The van der Waals surface area contributed by atoms with Crippen LogP contribution in [0, 0.1) is 0 Å². The first-order valence-corrected chi connectivity index (χ1v) is 5.92. The van der Waals surface area contributed by atoms with Gasteiger partial charge in [-0.05, 0) is 44.0 Å². The van der Waals surface area contributed by atoms with Gasteiger partial charge in [-0.2, -0.15) is 4.98 Å². The fraction of sp³-hybridized carbons (Fsp3) is 0. The van der Waals surface area contributed by atoms with Crippen LogP contribution in [0.4, 0.5) is 5.69 Å². The third-order valence-corrected chi connectivity index (χ3v) is 3.04. The number of hydrogen-bond donors (Lipinski definition) is 2. The highest BCUT2D eigenvalue weighted by molar-refractivity contribution is 9.11. The monoisotopic (exact) mass is 361 g/mol. The van der Waals surface area contributed by atoms with Gasteiger partial charge in [-0.25, -0.2) is 0 Å². The quantitative estimate of drug-likeness (QED) is 0.801. The lowest BCUT2D eigenvalue weighted by molar-refractivity contribution is 0.0981.